The zero-order valence-electron chi connectivity index (χ0n) is 13.9. The Morgan fingerprint density at radius 3 is 3.08 bits per heavy atom. The van der Waals surface area contributed by atoms with Crippen molar-refractivity contribution in [3.05, 3.63) is 57.8 Å². The summed E-state index contributed by atoms with van der Waals surface area (Å²) in [5.41, 5.74) is 1.86. The average molecular weight is 341 g/mol. The van der Waals surface area contributed by atoms with Crippen LogP contribution in [0.2, 0.25) is 0 Å². The second kappa shape index (κ2) is 8.41. The van der Waals surface area contributed by atoms with E-state index in [9.17, 15) is 0 Å². The van der Waals surface area contributed by atoms with E-state index in [0.29, 0.717) is 11.6 Å². The fraction of sp³-hybridized carbons (Fsp3) is 0.421. The SMILES string of the molecule is CC1CN(C(CNCc2cccc(C#N)c2)c2cccs2)CCO1. The molecule has 1 fully saturated rings. The number of nitrogens with zero attached hydrogens (tertiary/aromatic N) is 2. The van der Waals surface area contributed by atoms with E-state index in [4.69, 9.17) is 10.00 Å². The van der Waals surface area contributed by atoms with Gasteiger partial charge in [0, 0.05) is 31.1 Å². The molecule has 0 aliphatic carbocycles. The Kier molecular flexibility index (Phi) is 6.00. The van der Waals surface area contributed by atoms with Gasteiger partial charge in [-0.05, 0) is 36.1 Å². The summed E-state index contributed by atoms with van der Waals surface area (Å²) in [6.07, 6.45) is 0.286. The lowest BCUT2D eigenvalue weighted by atomic mass is 10.1. The van der Waals surface area contributed by atoms with Crippen molar-refractivity contribution in [3.8, 4) is 6.07 Å². The van der Waals surface area contributed by atoms with E-state index in [1.807, 2.05) is 29.5 Å². The Morgan fingerprint density at radius 2 is 2.33 bits per heavy atom. The van der Waals surface area contributed by atoms with Crippen LogP contribution in [0.3, 0.4) is 0 Å². The lowest BCUT2D eigenvalue weighted by Gasteiger charge is -2.37. The molecule has 0 spiro atoms. The number of nitriles is 1. The third kappa shape index (κ3) is 4.43. The average Bonchev–Trinajstić information content (AvgIpc) is 3.13. The van der Waals surface area contributed by atoms with E-state index < -0.39 is 0 Å². The maximum Gasteiger partial charge on any atom is 0.0991 e. The molecular weight excluding hydrogens is 318 g/mol. The second-order valence-corrected chi connectivity index (χ2v) is 7.13. The minimum Gasteiger partial charge on any atom is -0.376 e. The van der Waals surface area contributed by atoms with Crippen LogP contribution in [0.5, 0.6) is 0 Å². The molecule has 2 atom stereocenters. The normalized spacial score (nSPS) is 19.8. The summed E-state index contributed by atoms with van der Waals surface area (Å²) >= 11 is 1.81. The fourth-order valence-corrected chi connectivity index (χ4v) is 3.98. The zero-order valence-corrected chi connectivity index (χ0v) is 14.8. The number of rotatable bonds is 6. The van der Waals surface area contributed by atoms with Gasteiger partial charge in [0.1, 0.15) is 0 Å². The highest BCUT2D eigenvalue weighted by Crippen LogP contribution is 2.26. The van der Waals surface area contributed by atoms with Crippen LogP contribution in [0.25, 0.3) is 0 Å². The number of hydrogen-bond acceptors (Lipinski definition) is 5. The third-order valence-corrected chi connectivity index (χ3v) is 5.28. The smallest absolute Gasteiger partial charge is 0.0991 e. The molecule has 0 amide bonds. The van der Waals surface area contributed by atoms with Gasteiger partial charge < -0.3 is 10.1 Å². The van der Waals surface area contributed by atoms with Crippen LogP contribution in [0.1, 0.15) is 29.0 Å². The van der Waals surface area contributed by atoms with Crippen molar-refractivity contribution in [3.63, 3.8) is 0 Å². The lowest BCUT2D eigenvalue weighted by Crippen LogP contribution is -2.45. The van der Waals surface area contributed by atoms with Crippen molar-refractivity contribution in [2.24, 2.45) is 0 Å². The van der Waals surface area contributed by atoms with Crippen LogP contribution in [-0.4, -0.2) is 37.2 Å². The van der Waals surface area contributed by atoms with Crippen molar-refractivity contribution in [1.82, 2.24) is 10.2 Å². The van der Waals surface area contributed by atoms with Crippen LogP contribution in [0, 0.1) is 11.3 Å². The van der Waals surface area contributed by atoms with Crippen LogP contribution in [-0.2, 0) is 11.3 Å². The quantitative estimate of drug-likeness (QED) is 0.877. The van der Waals surface area contributed by atoms with Crippen molar-refractivity contribution < 1.29 is 4.74 Å². The minimum atomic E-state index is 0.286. The molecule has 126 valence electrons. The molecule has 5 heteroatoms. The molecule has 1 aliphatic heterocycles. The molecular formula is C19H23N3OS. The van der Waals surface area contributed by atoms with Crippen LogP contribution in [0.4, 0.5) is 0 Å². The Morgan fingerprint density at radius 1 is 1.42 bits per heavy atom. The van der Waals surface area contributed by atoms with Crippen LogP contribution < -0.4 is 5.32 Å². The first kappa shape index (κ1) is 17.1. The van der Waals surface area contributed by atoms with Gasteiger partial charge in [0.25, 0.3) is 0 Å². The molecule has 1 N–H and O–H groups in total. The van der Waals surface area contributed by atoms with E-state index in [1.165, 1.54) is 4.88 Å². The molecule has 2 unspecified atom stereocenters. The van der Waals surface area contributed by atoms with Gasteiger partial charge in [-0.15, -0.1) is 11.3 Å². The predicted octanol–water partition coefficient (Wildman–Crippen LogP) is 3.17. The zero-order chi connectivity index (χ0) is 16.8. The maximum atomic E-state index is 9.01. The number of morpholine rings is 1. The van der Waals surface area contributed by atoms with Crippen molar-refractivity contribution in [2.75, 3.05) is 26.2 Å². The van der Waals surface area contributed by atoms with E-state index in [2.05, 4.69) is 46.8 Å². The highest BCUT2D eigenvalue weighted by atomic mass is 32.1. The fourth-order valence-electron chi connectivity index (χ4n) is 3.12. The first-order chi connectivity index (χ1) is 11.8. The lowest BCUT2D eigenvalue weighted by molar-refractivity contribution is -0.0339. The molecule has 1 aromatic heterocycles. The second-order valence-electron chi connectivity index (χ2n) is 6.15. The van der Waals surface area contributed by atoms with Gasteiger partial charge in [0.2, 0.25) is 0 Å². The molecule has 0 saturated carbocycles. The Bertz CT molecular complexity index is 680. The molecule has 1 aromatic carbocycles. The minimum absolute atomic E-state index is 0.286. The highest BCUT2D eigenvalue weighted by molar-refractivity contribution is 7.10. The molecule has 24 heavy (non-hydrogen) atoms. The summed E-state index contributed by atoms with van der Waals surface area (Å²) in [7, 11) is 0. The van der Waals surface area contributed by atoms with E-state index >= 15 is 0 Å². The van der Waals surface area contributed by atoms with Crippen molar-refractivity contribution in [1.29, 1.82) is 5.26 Å². The van der Waals surface area contributed by atoms with Gasteiger partial charge in [0.05, 0.1) is 30.4 Å². The number of benzene rings is 1. The van der Waals surface area contributed by atoms with Crippen molar-refractivity contribution >= 4 is 11.3 Å². The first-order valence-electron chi connectivity index (χ1n) is 8.35. The Labute approximate surface area is 147 Å². The number of thiophene rings is 1. The Hall–Kier alpha value is -1.71. The number of nitrogens with one attached hydrogen (secondary N) is 1. The van der Waals surface area contributed by atoms with E-state index in [-0.39, 0.29) is 6.10 Å². The van der Waals surface area contributed by atoms with Crippen LogP contribution in [0.15, 0.2) is 41.8 Å². The summed E-state index contributed by atoms with van der Waals surface area (Å²) in [5, 5.41) is 14.7. The first-order valence-corrected chi connectivity index (χ1v) is 9.23. The highest BCUT2D eigenvalue weighted by Gasteiger charge is 2.25. The van der Waals surface area contributed by atoms with Gasteiger partial charge in [-0.2, -0.15) is 5.26 Å². The number of hydrogen-bond donors (Lipinski definition) is 1. The molecule has 1 saturated heterocycles. The number of ether oxygens (including phenoxy) is 1. The molecule has 0 bridgehead atoms. The van der Waals surface area contributed by atoms with Gasteiger partial charge in [0.15, 0.2) is 0 Å². The molecule has 2 aromatic rings. The summed E-state index contributed by atoms with van der Waals surface area (Å²) < 4.78 is 5.69. The summed E-state index contributed by atoms with van der Waals surface area (Å²) in [6, 6.07) is 14.7. The topological polar surface area (TPSA) is 48.3 Å². The van der Waals surface area contributed by atoms with Crippen molar-refractivity contribution in [2.45, 2.75) is 25.6 Å². The molecule has 3 rings (SSSR count). The summed E-state index contributed by atoms with van der Waals surface area (Å²) in [4.78, 5) is 3.90. The molecule has 1 aliphatic rings. The third-order valence-electron chi connectivity index (χ3n) is 4.31. The van der Waals surface area contributed by atoms with Gasteiger partial charge >= 0.3 is 0 Å². The van der Waals surface area contributed by atoms with Gasteiger partial charge in [-0.1, -0.05) is 18.2 Å². The maximum absolute atomic E-state index is 9.01. The van der Waals surface area contributed by atoms with Gasteiger partial charge in [-0.25, -0.2) is 0 Å². The van der Waals surface area contributed by atoms with Gasteiger partial charge in [-0.3, -0.25) is 4.90 Å². The standard InChI is InChI=1S/C19H23N3OS/c1-15-14-22(7-8-23-15)18(19-6-3-9-24-19)13-21-12-17-5-2-4-16(10-17)11-20/h2-6,9-10,15,18,21H,7-8,12-14H2,1H3. The summed E-state index contributed by atoms with van der Waals surface area (Å²) in [5.74, 6) is 0. The van der Waals surface area contributed by atoms with E-state index in [0.717, 1.165) is 38.3 Å². The largest absolute Gasteiger partial charge is 0.376 e. The predicted molar refractivity (Wildman–Crippen MR) is 96.9 cm³/mol. The summed E-state index contributed by atoms with van der Waals surface area (Å²) in [6.45, 7) is 6.54. The molecule has 2 heterocycles. The van der Waals surface area contributed by atoms with E-state index in [1.54, 1.807) is 0 Å². The Balaban J connectivity index is 1.63. The van der Waals surface area contributed by atoms with Crippen LogP contribution >= 0.6 is 11.3 Å². The molecule has 0 radical (unpaired) electrons. The monoisotopic (exact) mass is 341 g/mol. The molecule has 4 nitrogen and oxygen atoms in total.